The molecule has 0 bridgehead atoms. The molecular formula is C16H28ClN3S. The molecule has 1 aliphatic carbocycles. The number of hydrogen-bond acceptors (Lipinski definition) is 3. The Morgan fingerprint density at radius 2 is 2.10 bits per heavy atom. The summed E-state index contributed by atoms with van der Waals surface area (Å²) in [6.07, 6.45) is 8.90. The zero-order valence-electron chi connectivity index (χ0n) is 13.5. The highest BCUT2D eigenvalue weighted by Gasteiger charge is 2.19. The van der Waals surface area contributed by atoms with Crippen molar-refractivity contribution < 1.29 is 0 Å². The molecule has 1 unspecified atom stereocenters. The minimum absolute atomic E-state index is 0.467. The van der Waals surface area contributed by atoms with Crippen molar-refractivity contribution in [1.29, 1.82) is 0 Å². The molecule has 1 aliphatic rings. The van der Waals surface area contributed by atoms with E-state index >= 15 is 0 Å². The lowest BCUT2D eigenvalue weighted by atomic mass is 10.0. The number of nitrogens with one attached hydrogen (secondary N) is 1. The zero-order chi connectivity index (χ0) is 15.2. The second-order valence-corrected chi connectivity index (χ2v) is 7.68. The maximum absolute atomic E-state index is 6.46. The Labute approximate surface area is 138 Å². The topological polar surface area (TPSA) is 29.9 Å². The Morgan fingerprint density at radius 1 is 1.38 bits per heavy atom. The van der Waals surface area contributed by atoms with Gasteiger partial charge >= 0.3 is 0 Å². The summed E-state index contributed by atoms with van der Waals surface area (Å²) in [4.78, 5) is 0. The van der Waals surface area contributed by atoms with Gasteiger partial charge in [0.05, 0.1) is 16.4 Å². The van der Waals surface area contributed by atoms with E-state index in [0.29, 0.717) is 6.04 Å². The molecule has 0 saturated heterocycles. The molecule has 0 radical (unpaired) electrons. The van der Waals surface area contributed by atoms with Crippen molar-refractivity contribution in [3.05, 3.63) is 16.4 Å². The summed E-state index contributed by atoms with van der Waals surface area (Å²) in [5, 5.41) is 9.69. The molecule has 1 atom stereocenters. The number of hydrogen-bond donors (Lipinski definition) is 1. The van der Waals surface area contributed by atoms with E-state index in [-0.39, 0.29) is 0 Å². The van der Waals surface area contributed by atoms with Gasteiger partial charge in [-0.2, -0.15) is 16.9 Å². The van der Waals surface area contributed by atoms with Gasteiger partial charge in [-0.15, -0.1) is 0 Å². The van der Waals surface area contributed by atoms with Crippen LogP contribution in [0.3, 0.4) is 0 Å². The first-order valence-corrected chi connectivity index (χ1v) is 9.57. The van der Waals surface area contributed by atoms with Crippen molar-refractivity contribution >= 4 is 23.4 Å². The maximum atomic E-state index is 6.46. The van der Waals surface area contributed by atoms with E-state index in [1.165, 1.54) is 32.1 Å². The van der Waals surface area contributed by atoms with Gasteiger partial charge in [0.1, 0.15) is 0 Å². The van der Waals surface area contributed by atoms with E-state index in [4.69, 9.17) is 11.6 Å². The Kier molecular flexibility index (Phi) is 6.90. The van der Waals surface area contributed by atoms with E-state index in [9.17, 15) is 0 Å². The summed E-state index contributed by atoms with van der Waals surface area (Å²) in [6, 6.07) is 0.467. The number of aryl methyl sites for hydroxylation is 2. The third-order valence-electron chi connectivity index (χ3n) is 4.44. The molecule has 1 saturated carbocycles. The molecule has 1 fully saturated rings. The van der Waals surface area contributed by atoms with Crippen LogP contribution in [0, 0.1) is 0 Å². The second-order valence-electron chi connectivity index (χ2n) is 5.97. The van der Waals surface area contributed by atoms with Crippen molar-refractivity contribution in [1.82, 2.24) is 15.1 Å². The summed E-state index contributed by atoms with van der Waals surface area (Å²) < 4.78 is 1.96. The monoisotopic (exact) mass is 329 g/mol. The normalized spacial score (nSPS) is 18.1. The smallest absolute Gasteiger partial charge is 0.0850 e. The molecule has 120 valence electrons. The van der Waals surface area contributed by atoms with Gasteiger partial charge in [0.15, 0.2) is 0 Å². The van der Waals surface area contributed by atoms with Gasteiger partial charge in [-0.25, -0.2) is 0 Å². The molecule has 0 aliphatic heterocycles. The van der Waals surface area contributed by atoms with Gasteiger partial charge in [-0.3, -0.25) is 4.68 Å². The minimum Gasteiger partial charge on any atom is -0.316 e. The van der Waals surface area contributed by atoms with Gasteiger partial charge in [0.2, 0.25) is 0 Å². The van der Waals surface area contributed by atoms with Crippen LogP contribution in [0.15, 0.2) is 0 Å². The van der Waals surface area contributed by atoms with Crippen LogP contribution in [0.1, 0.15) is 50.4 Å². The van der Waals surface area contributed by atoms with Crippen LogP contribution in [-0.2, 0) is 19.9 Å². The molecule has 1 N–H and O–H groups in total. The van der Waals surface area contributed by atoms with Crippen molar-refractivity contribution in [2.75, 3.05) is 12.8 Å². The molecule has 1 aromatic heterocycles. The van der Waals surface area contributed by atoms with Crippen LogP contribution < -0.4 is 5.32 Å². The lowest BCUT2D eigenvalue weighted by Crippen LogP contribution is -2.32. The fraction of sp³-hybridized carbons (Fsp3) is 0.812. The highest BCUT2D eigenvalue weighted by atomic mass is 35.5. The summed E-state index contributed by atoms with van der Waals surface area (Å²) in [5.41, 5.74) is 2.18. The number of halogens is 1. The van der Waals surface area contributed by atoms with Crippen LogP contribution in [0.2, 0.25) is 5.02 Å². The molecule has 0 aromatic carbocycles. The number of aromatic nitrogens is 2. The van der Waals surface area contributed by atoms with Crippen molar-refractivity contribution in [3.63, 3.8) is 0 Å². The molecule has 3 nitrogen and oxygen atoms in total. The molecule has 0 amide bonds. The first kappa shape index (κ1) is 17.2. The first-order valence-electron chi connectivity index (χ1n) is 8.14. The Balaban J connectivity index is 1.91. The first-order chi connectivity index (χ1) is 10.2. The largest absolute Gasteiger partial charge is 0.316 e. The maximum Gasteiger partial charge on any atom is 0.0850 e. The van der Waals surface area contributed by atoms with E-state index in [0.717, 1.165) is 40.3 Å². The van der Waals surface area contributed by atoms with Crippen molar-refractivity contribution in [2.45, 2.75) is 63.2 Å². The lowest BCUT2D eigenvalue weighted by molar-refractivity contribution is 0.513. The summed E-state index contributed by atoms with van der Waals surface area (Å²) in [5.74, 6) is 1.16. The van der Waals surface area contributed by atoms with E-state index in [1.54, 1.807) is 0 Å². The predicted octanol–water partition coefficient (Wildman–Crippen LogP) is 3.83. The summed E-state index contributed by atoms with van der Waals surface area (Å²) in [7, 11) is 4.05. The third-order valence-corrected chi connectivity index (χ3v) is 6.41. The van der Waals surface area contributed by atoms with Gasteiger partial charge in [-0.1, -0.05) is 37.8 Å². The van der Waals surface area contributed by atoms with E-state index in [1.807, 2.05) is 11.7 Å². The quantitative estimate of drug-likeness (QED) is 0.824. The fourth-order valence-corrected chi connectivity index (χ4v) is 4.83. The van der Waals surface area contributed by atoms with Gasteiger partial charge < -0.3 is 5.32 Å². The average molecular weight is 330 g/mol. The van der Waals surface area contributed by atoms with Crippen LogP contribution in [-0.4, -0.2) is 33.9 Å². The van der Waals surface area contributed by atoms with Crippen LogP contribution >= 0.6 is 23.4 Å². The Hall–Kier alpha value is -0.190. The van der Waals surface area contributed by atoms with Crippen molar-refractivity contribution in [3.8, 4) is 0 Å². The van der Waals surface area contributed by atoms with E-state index in [2.05, 4.69) is 36.1 Å². The number of thioether (sulfide) groups is 1. The molecule has 5 heteroatoms. The lowest BCUT2D eigenvalue weighted by Gasteiger charge is -2.24. The van der Waals surface area contributed by atoms with Gasteiger partial charge in [0, 0.05) is 30.5 Å². The van der Waals surface area contributed by atoms with Crippen molar-refractivity contribution in [2.24, 2.45) is 7.05 Å². The Morgan fingerprint density at radius 3 is 2.67 bits per heavy atom. The average Bonchev–Trinajstić information content (AvgIpc) is 2.79. The molecule has 1 aromatic rings. The van der Waals surface area contributed by atoms with Crippen LogP contribution in [0.4, 0.5) is 0 Å². The highest BCUT2D eigenvalue weighted by molar-refractivity contribution is 7.99. The molecule has 2 rings (SSSR count). The molecular weight excluding hydrogens is 302 g/mol. The molecule has 21 heavy (non-hydrogen) atoms. The Bertz CT molecular complexity index is 441. The number of nitrogens with zero attached hydrogens (tertiary/aromatic N) is 2. The van der Waals surface area contributed by atoms with Gasteiger partial charge in [-0.05, 0) is 26.3 Å². The highest BCUT2D eigenvalue weighted by Crippen LogP contribution is 2.29. The van der Waals surface area contributed by atoms with Gasteiger partial charge in [0.25, 0.3) is 0 Å². The zero-order valence-corrected chi connectivity index (χ0v) is 15.1. The minimum atomic E-state index is 0.467. The van der Waals surface area contributed by atoms with Crippen LogP contribution in [0.25, 0.3) is 0 Å². The fourth-order valence-electron chi connectivity index (χ4n) is 3.00. The number of rotatable bonds is 7. The molecule has 1 heterocycles. The predicted molar refractivity (Wildman–Crippen MR) is 93.5 cm³/mol. The SMILES string of the molecule is CCc1nn(C)c(CC(CSC2CCCCC2)NC)c1Cl. The second kappa shape index (κ2) is 8.44. The summed E-state index contributed by atoms with van der Waals surface area (Å²) in [6.45, 7) is 2.10. The van der Waals surface area contributed by atoms with E-state index < -0.39 is 0 Å². The molecule has 0 spiro atoms. The number of likely N-dealkylation sites (N-methyl/N-ethyl adjacent to an activating group) is 1. The summed E-state index contributed by atoms with van der Waals surface area (Å²) >= 11 is 8.60. The third kappa shape index (κ3) is 4.64. The van der Waals surface area contributed by atoms with Crippen LogP contribution in [0.5, 0.6) is 0 Å². The standard InChI is InChI=1S/C16H28ClN3S/c1-4-14-16(17)15(20(3)19-14)10-12(18-2)11-21-13-8-6-5-7-9-13/h12-13,18H,4-11H2,1-3H3.